The molecule has 1 aromatic carbocycles. The first-order valence-corrected chi connectivity index (χ1v) is 5.91. The van der Waals surface area contributed by atoms with Crippen molar-refractivity contribution >= 4 is 32.3 Å². The number of anilines is 1. The van der Waals surface area contributed by atoms with Crippen LogP contribution in [-0.2, 0) is 11.2 Å². The normalized spacial score (nSPS) is 14.2. The number of carbonyl (C=O) groups excluding carboxylic acids is 2. The van der Waals surface area contributed by atoms with Gasteiger partial charge in [-0.15, -0.1) is 0 Å². The first-order valence-electron chi connectivity index (χ1n) is 5.11. The average Bonchev–Trinajstić information content (AvgIpc) is 2.28. The van der Waals surface area contributed by atoms with Gasteiger partial charge in [0.25, 0.3) is 5.91 Å². The smallest absolute Gasteiger partial charge is 0.301 e. The number of halogens is 1. The molecule has 1 aromatic rings. The largest absolute Gasteiger partial charge is 0.482 e. The van der Waals surface area contributed by atoms with E-state index in [9.17, 15) is 9.59 Å². The van der Waals surface area contributed by atoms with E-state index in [0.717, 1.165) is 10.5 Å². The van der Waals surface area contributed by atoms with Crippen LogP contribution in [0.1, 0.15) is 5.56 Å². The Morgan fingerprint density at radius 1 is 1.53 bits per heavy atom. The third-order valence-corrected chi connectivity index (χ3v) is 2.83. The number of fused-ring (bicyclic) bond motifs is 1. The molecule has 17 heavy (non-hydrogen) atoms. The minimum Gasteiger partial charge on any atom is -0.482 e. The second-order valence-corrected chi connectivity index (χ2v) is 4.29. The molecule has 0 radical (unpaired) electrons. The number of ether oxygens (including phenoxy) is 1. The van der Waals surface area contributed by atoms with E-state index in [1.54, 1.807) is 12.1 Å². The monoisotopic (exact) mass is 298 g/mol. The zero-order chi connectivity index (χ0) is 12.4. The van der Waals surface area contributed by atoms with E-state index >= 15 is 0 Å². The first-order chi connectivity index (χ1) is 8.13. The molecule has 0 unspecified atom stereocenters. The van der Waals surface area contributed by atoms with E-state index in [1.165, 1.54) is 0 Å². The van der Waals surface area contributed by atoms with Crippen LogP contribution < -0.4 is 15.4 Å². The number of imide groups is 1. The predicted molar refractivity (Wildman–Crippen MR) is 66.5 cm³/mol. The van der Waals surface area contributed by atoms with Gasteiger partial charge in [-0.05, 0) is 30.7 Å². The van der Waals surface area contributed by atoms with E-state index in [4.69, 9.17) is 10.5 Å². The molecule has 0 saturated heterocycles. The lowest BCUT2D eigenvalue weighted by molar-refractivity contribution is -0.120. The van der Waals surface area contributed by atoms with E-state index in [0.29, 0.717) is 24.4 Å². The molecule has 90 valence electrons. The number of benzene rings is 1. The summed E-state index contributed by atoms with van der Waals surface area (Å²) in [5, 5.41) is 0. The molecule has 0 atom stereocenters. The number of carbonyl (C=O) groups is 2. The molecule has 0 bridgehead atoms. The molecule has 1 heterocycles. The standard InChI is InChI=1S/C11H11BrN2O3/c12-11(16)14-8-5-7(3-4-13)1-2-9(8)17-6-10(14)15/h1-2,5H,3-4,6,13H2. The van der Waals surface area contributed by atoms with Crippen LogP contribution in [0.15, 0.2) is 18.2 Å². The number of rotatable bonds is 2. The Morgan fingerprint density at radius 2 is 2.29 bits per heavy atom. The topological polar surface area (TPSA) is 72.6 Å². The molecule has 6 heteroatoms. The summed E-state index contributed by atoms with van der Waals surface area (Å²) >= 11 is 2.80. The minimum absolute atomic E-state index is 0.124. The number of hydrogen-bond donors (Lipinski definition) is 1. The second-order valence-electron chi connectivity index (χ2n) is 3.61. The number of amides is 2. The highest BCUT2D eigenvalue weighted by Gasteiger charge is 2.29. The van der Waals surface area contributed by atoms with Gasteiger partial charge in [-0.2, -0.15) is 0 Å². The highest BCUT2D eigenvalue weighted by Crippen LogP contribution is 2.34. The molecule has 0 aromatic heterocycles. The Morgan fingerprint density at radius 3 is 2.94 bits per heavy atom. The summed E-state index contributed by atoms with van der Waals surface area (Å²) in [5.74, 6) is 0.141. The third-order valence-electron chi connectivity index (χ3n) is 2.47. The van der Waals surface area contributed by atoms with Crippen LogP contribution in [0, 0.1) is 0 Å². The van der Waals surface area contributed by atoms with Crippen LogP contribution >= 0.6 is 15.9 Å². The molecule has 0 fully saturated rings. The van der Waals surface area contributed by atoms with Crippen molar-refractivity contribution in [3.05, 3.63) is 23.8 Å². The molecule has 5 nitrogen and oxygen atoms in total. The van der Waals surface area contributed by atoms with Gasteiger partial charge in [0.15, 0.2) is 6.61 Å². The van der Waals surface area contributed by atoms with Gasteiger partial charge >= 0.3 is 4.82 Å². The summed E-state index contributed by atoms with van der Waals surface area (Å²) in [4.78, 5) is 23.6. The van der Waals surface area contributed by atoms with Gasteiger partial charge in [-0.1, -0.05) is 6.07 Å². The third kappa shape index (κ3) is 2.32. The second kappa shape index (κ2) is 4.85. The van der Waals surface area contributed by atoms with Crippen molar-refractivity contribution in [3.63, 3.8) is 0 Å². The first kappa shape index (κ1) is 12.1. The Bertz CT molecular complexity index is 476. The van der Waals surface area contributed by atoms with E-state index in [1.807, 2.05) is 6.07 Å². The van der Waals surface area contributed by atoms with Gasteiger partial charge in [0, 0.05) is 15.9 Å². The van der Waals surface area contributed by atoms with Gasteiger partial charge in [-0.25, -0.2) is 4.90 Å². The molecule has 1 aliphatic rings. The average molecular weight is 299 g/mol. The van der Waals surface area contributed by atoms with E-state index in [-0.39, 0.29) is 12.5 Å². The highest BCUT2D eigenvalue weighted by molar-refractivity contribution is 9.18. The Labute approximate surface area is 107 Å². The van der Waals surface area contributed by atoms with Crippen molar-refractivity contribution in [2.45, 2.75) is 6.42 Å². The zero-order valence-electron chi connectivity index (χ0n) is 8.98. The van der Waals surface area contributed by atoms with E-state index in [2.05, 4.69) is 15.9 Å². The molecular formula is C11H11BrN2O3. The van der Waals surface area contributed by atoms with Gasteiger partial charge in [0.1, 0.15) is 5.75 Å². The molecule has 0 saturated carbocycles. The zero-order valence-corrected chi connectivity index (χ0v) is 10.6. The van der Waals surface area contributed by atoms with Crippen LogP contribution in [-0.4, -0.2) is 23.9 Å². The quantitative estimate of drug-likeness (QED) is 0.662. The van der Waals surface area contributed by atoms with Crippen LogP contribution in [0.3, 0.4) is 0 Å². The molecule has 0 spiro atoms. The molecule has 2 rings (SSSR count). The lowest BCUT2D eigenvalue weighted by Crippen LogP contribution is -2.40. The van der Waals surface area contributed by atoms with Gasteiger partial charge in [-0.3, -0.25) is 9.59 Å². The van der Waals surface area contributed by atoms with Gasteiger partial charge < -0.3 is 10.5 Å². The summed E-state index contributed by atoms with van der Waals surface area (Å²) in [6.45, 7) is 0.385. The number of nitrogens with zero attached hydrogens (tertiary/aromatic N) is 1. The summed E-state index contributed by atoms with van der Waals surface area (Å²) in [6, 6.07) is 5.37. The fourth-order valence-electron chi connectivity index (χ4n) is 1.71. The summed E-state index contributed by atoms with van der Waals surface area (Å²) in [5.41, 5.74) is 6.90. The van der Waals surface area contributed by atoms with Crippen LogP contribution in [0.25, 0.3) is 0 Å². The van der Waals surface area contributed by atoms with Crippen molar-refractivity contribution in [2.75, 3.05) is 18.1 Å². The lowest BCUT2D eigenvalue weighted by atomic mass is 10.1. The van der Waals surface area contributed by atoms with Gasteiger partial charge in [0.05, 0.1) is 5.69 Å². The van der Waals surface area contributed by atoms with Crippen molar-refractivity contribution in [1.82, 2.24) is 0 Å². The molecular weight excluding hydrogens is 288 g/mol. The maximum absolute atomic E-state index is 11.6. The van der Waals surface area contributed by atoms with Crippen LogP contribution in [0.2, 0.25) is 0 Å². The molecule has 1 aliphatic heterocycles. The maximum atomic E-state index is 11.6. The number of nitrogens with two attached hydrogens (primary N) is 1. The van der Waals surface area contributed by atoms with Crippen molar-refractivity contribution in [2.24, 2.45) is 5.73 Å². The summed E-state index contributed by atoms with van der Waals surface area (Å²) < 4.78 is 5.25. The molecule has 0 aliphatic carbocycles. The number of hydrogen-bond acceptors (Lipinski definition) is 4. The summed E-state index contributed by atoms with van der Waals surface area (Å²) in [7, 11) is 0. The minimum atomic E-state index is -0.489. The maximum Gasteiger partial charge on any atom is 0.301 e. The SMILES string of the molecule is NCCc1ccc2c(c1)N(C(=O)Br)C(=O)CO2. The fourth-order valence-corrected chi connectivity index (χ4v) is 2.10. The van der Waals surface area contributed by atoms with Crippen molar-refractivity contribution < 1.29 is 14.3 Å². The van der Waals surface area contributed by atoms with Crippen LogP contribution in [0.5, 0.6) is 5.75 Å². The summed E-state index contributed by atoms with van der Waals surface area (Å²) in [6.07, 6.45) is 0.686. The Hall–Kier alpha value is -1.40. The lowest BCUT2D eigenvalue weighted by Gasteiger charge is -2.26. The van der Waals surface area contributed by atoms with Crippen molar-refractivity contribution in [1.29, 1.82) is 0 Å². The van der Waals surface area contributed by atoms with Crippen molar-refractivity contribution in [3.8, 4) is 5.75 Å². The molecule has 2 N–H and O–H groups in total. The van der Waals surface area contributed by atoms with Gasteiger partial charge in [0.2, 0.25) is 0 Å². The Balaban J connectivity index is 2.45. The van der Waals surface area contributed by atoms with E-state index < -0.39 is 4.82 Å². The van der Waals surface area contributed by atoms with Crippen LogP contribution in [0.4, 0.5) is 10.5 Å². The Kier molecular flexibility index (Phi) is 3.44. The fraction of sp³-hybridized carbons (Fsp3) is 0.273. The molecule has 2 amide bonds. The highest BCUT2D eigenvalue weighted by atomic mass is 79.9. The predicted octanol–water partition coefficient (Wildman–Crippen LogP) is 1.43.